The monoisotopic (exact) mass is 288 g/mol. The number of aryl methyl sites for hydroxylation is 1. The minimum atomic E-state index is 0.527. The molecule has 1 aliphatic rings. The van der Waals surface area contributed by atoms with Crippen LogP contribution < -0.4 is 5.32 Å². The lowest BCUT2D eigenvalue weighted by Gasteiger charge is -2.05. The Labute approximate surface area is 124 Å². The van der Waals surface area contributed by atoms with Crippen LogP contribution in [0.1, 0.15) is 28.6 Å². The minimum Gasteiger partial charge on any atom is -0.385 e. The molecule has 0 amide bonds. The lowest BCUT2D eigenvalue weighted by Crippen LogP contribution is -2.05. The highest BCUT2D eigenvalue weighted by Gasteiger charge is 2.20. The summed E-state index contributed by atoms with van der Waals surface area (Å²) >= 11 is 1.78. The second-order valence-electron chi connectivity index (χ2n) is 5.28. The molecule has 3 nitrogen and oxygen atoms in total. The highest BCUT2D eigenvalue weighted by atomic mass is 32.1. The number of rotatable bonds is 5. The van der Waals surface area contributed by atoms with E-state index in [9.17, 15) is 0 Å². The van der Waals surface area contributed by atoms with Crippen molar-refractivity contribution in [1.29, 1.82) is 0 Å². The highest BCUT2D eigenvalue weighted by Crippen LogP contribution is 2.27. The number of anilines is 1. The van der Waals surface area contributed by atoms with Gasteiger partial charge in [0.25, 0.3) is 0 Å². The van der Waals surface area contributed by atoms with E-state index in [2.05, 4.69) is 41.9 Å². The number of hydrogen-bond acceptors (Lipinski definition) is 4. The number of hydrogen-bond donors (Lipinski definition) is 1. The minimum absolute atomic E-state index is 0.527. The van der Waals surface area contributed by atoms with Crippen molar-refractivity contribution in [3.05, 3.63) is 45.9 Å². The summed E-state index contributed by atoms with van der Waals surface area (Å²) in [5.41, 5.74) is 3.66. The van der Waals surface area contributed by atoms with Gasteiger partial charge in [0, 0.05) is 36.6 Å². The Morgan fingerprint density at radius 3 is 2.95 bits per heavy atom. The zero-order valence-corrected chi connectivity index (χ0v) is 12.6. The largest absolute Gasteiger partial charge is 0.385 e. The summed E-state index contributed by atoms with van der Waals surface area (Å²) < 4.78 is 5.42. The van der Waals surface area contributed by atoms with Crippen molar-refractivity contribution in [2.45, 2.75) is 25.7 Å². The Kier molecular flexibility index (Phi) is 4.33. The molecule has 0 radical (unpaired) electrons. The van der Waals surface area contributed by atoms with Gasteiger partial charge in [-0.25, -0.2) is 4.98 Å². The van der Waals surface area contributed by atoms with Crippen molar-refractivity contribution in [1.82, 2.24) is 4.98 Å². The second kappa shape index (κ2) is 6.37. The van der Waals surface area contributed by atoms with Crippen LogP contribution in [0.4, 0.5) is 5.69 Å². The van der Waals surface area contributed by atoms with Gasteiger partial charge in [0.05, 0.1) is 17.3 Å². The van der Waals surface area contributed by atoms with Crippen LogP contribution >= 0.6 is 11.3 Å². The molecule has 3 rings (SSSR count). The van der Waals surface area contributed by atoms with Gasteiger partial charge in [-0.15, -0.1) is 11.3 Å². The van der Waals surface area contributed by atoms with Crippen LogP contribution in [0.3, 0.4) is 0 Å². The fourth-order valence-electron chi connectivity index (χ4n) is 2.36. The van der Waals surface area contributed by atoms with Crippen molar-refractivity contribution >= 4 is 17.0 Å². The Morgan fingerprint density at radius 1 is 1.35 bits per heavy atom. The molecule has 1 atom stereocenters. The number of benzene rings is 1. The average Bonchev–Trinajstić information content (AvgIpc) is 3.11. The summed E-state index contributed by atoms with van der Waals surface area (Å²) in [5, 5.41) is 6.87. The Balaban J connectivity index is 1.49. The van der Waals surface area contributed by atoms with Crippen molar-refractivity contribution in [3.63, 3.8) is 0 Å². The van der Waals surface area contributed by atoms with Crippen molar-refractivity contribution in [2.75, 3.05) is 25.1 Å². The lowest BCUT2D eigenvalue weighted by atomic mass is 10.1. The average molecular weight is 288 g/mol. The molecule has 2 heterocycles. The third-order valence-corrected chi connectivity index (χ3v) is 4.67. The number of ether oxygens (including phenoxy) is 1. The summed E-state index contributed by atoms with van der Waals surface area (Å²) in [6.07, 6.45) is 2.09. The molecule has 0 spiro atoms. The third-order valence-electron chi connectivity index (χ3n) is 3.61. The number of aromatic nitrogens is 1. The Bertz CT molecular complexity index is 544. The molecule has 1 N–H and O–H groups in total. The highest BCUT2D eigenvalue weighted by molar-refractivity contribution is 7.09. The van der Waals surface area contributed by atoms with Crippen molar-refractivity contribution < 1.29 is 4.74 Å². The standard InChI is InChI=1S/C16H20N2OS/c1-12-2-4-14(5-3-12)17-8-6-15-11-20-16(18-15)13-7-9-19-10-13/h2-5,11,13,17H,6-10H2,1H3. The molecule has 20 heavy (non-hydrogen) atoms. The third kappa shape index (κ3) is 3.38. The molecule has 1 aliphatic heterocycles. The van der Waals surface area contributed by atoms with Gasteiger partial charge >= 0.3 is 0 Å². The Morgan fingerprint density at radius 2 is 2.20 bits per heavy atom. The van der Waals surface area contributed by atoms with Crippen LogP contribution in [0.25, 0.3) is 0 Å². The first-order valence-electron chi connectivity index (χ1n) is 7.14. The number of nitrogens with zero attached hydrogens (tertiary/aromatic N) is 1. The van der Waals surface area contributed by atoms with E-state index in [-0.39, 0.29) is 0 Å². The molecule has 0 aliphatic carbocycles. The fourth-order valence-corrected chi connectivity index (χ4v) is 3.34. The smallest absolute Gasteiger partial charge is 0.0983 e. The SMILES string of the molecule is Cc1ccc(NCCc2csc(C3CCOC3)n2)cc1. The van der Waals surface area contributed by atoms with Crippen LogP contribution in [0, 0.1) is 6.92 Å². The maximum absolute atomic E-state index is 5.42. The van der Waals surface area contributed by atoms with Crippen LogP contribution in [0.15, 0.2) is 29.6 Å². The first-order valence-corrected chi connectivity index (χ1v) is 8.02. The molecular formula is C16H20N2OS. The summed E-state index contributed by atoms with van der Waals surface area (Å²) in [7, 11) is 0. The van der Waals surface area contributed by atoms with Gasteiger partial charge in [0.2, 0.25) is 0 Å². The van der Waals surface area contributed by atoms with E-state index in [0.29, 0.717) is 5.92 Å². The zero-order chi connectivity index (χ0) is 13.8. The summed E-state index contributed by atoms with van der Waals surface area (Å²) in [6.45, 7) is 4.75. The van der Waals surface area contributed by atoms with Crippen molar-refractivity contribution in [3.8, 4) is 0 Å². The predicted molar refractivity (Wildman–Crippen MR) is 83.7 cm³/mol. The maximum atomic E-state index is 5.42. The maximum Gasteiger partial charge on any atom is 0.0983 e. The van der Waals surface area contributed by atoms with Gasteiger partial charge in [0.15, 0.2) is 0 Å². The quantitative estimate of drug-likeness (QED) is 0.912. The molecule has 0 saturated carbocycles. The summed E-state index contributed by atoms with van der Waals surface area (Å²) in [6, 6.07) is 8.50. The van der Waals surface area contributed by atoms with Crippen LogP contribution in [-0.2, 0) is 11.2 Å². The number of nitrogens with one attached hydrogen (secondary N) is 1. The van der Waals surface area contributed by atoms with E-state index in [1.165, 1.54) is 22.0 Å². The zero-order valence-electron chi connectivity index (χ0n) is 11.8. The summed E-state index contributed by atoms with van der Waals surface area (Å²) in [4.78, 5) is 4.74. The van der Waals surface area contributed by atoms with Gasteiger partial charge in [-0.1, -0.05) is 17.7 Å². The number of thiazole rings is 1. The van der Waals surface area contributed by atoms with Gasteiger partial charge in [0.1, 0.15) is 0 Å². The molecule has 1 saturated heterocycles. The van der Waals surface area contributed by atoms with Crippen LogP contribution in [0.5, 0.6) is 0 Å². The molecule has 1 aromatic heterocycles. The van der Waals surface area contributed by atoms with Gasteiger partial charge < -0.3 is 10.1 Å². The molecule has 106 valence electrons. The molecular weight excluding hydrogens is 268 g/mol. The first-order chi connectivity index (χ1) is 9.81. The first kappa shape index (κ1) is 13.6. The van der Waals surface area contributed by atoms with E-state index in [0.717, 1.165) is 32.6 Å². The van der Waals surface area contributed by atoms with Gasteiger partial charge in [-0.05, 0) is 25.5 Å². The van der Waals surface area contributed by atoms with E-state index in [1.807, 2.05) is 0 Å². The van der Waals surface area contributed by atoms with Crippen LogP contribution in [0.2, 0.25) is 0 Å². The second-order valence-corrected chi connectivity index (χ2v) is 6.17. The molecule has 1 aromatic carbocycles. The topological polar surface area (TPSA) is 34.1 Å². The van der Waals surface area contributed by atoms with Gasteiger partial charge in [-0.3, -0.25) is 0 Å². The summed E-state index contributed by atoms with van der Waals surface area (Å²) in [5.74, 6) is 0.527. The predicted octanol–water partition coefficient (Wildman–Crippen LogP) is 3.61. The molecule has 4 heteroatoms. The fraction of sp³-hybridized carbons (Fsp3) is 0.438. The Hall–Kier alpha value is -1.39. The van der Waals surface area contributed by atoms with E-state index in [4.69, 9.17) is 9.72 Å². The lowest BCUT2D eigenvalue weighted by molar-refractivity contribution is 0.194. The normalized spacial score (nSPS) is 18.4. The van der Waals surface area contributed by atoms with E-state index >= 15 is 0 Å². The van der Waals surface area contributed by atoms with E-state index < -0.39 is 0 Å². The van der Waals surface area contributed by atoms with Crippen LogP contribution in [-0.4, -0.2) is 24.7 Å². The van der Waals surface area contributed by atoms with E-state index in [1.54, 1.807) is 11.3 Å². The van der Waals surface area contributed by atoms with Crippen molar-refractivity contribution in [2.24, 2.45) is 0 Å². The molecule has 2 aromatic rings. The molecule has 1 unspecified atom stereocenters. The molecule has 1 fully saturated rings. The molecule has 0 bridgehead atoms. The van der Waals surface area contributed by atoms with Gasteiger partial charge in [-0.2, -0.15) is 0 Å².